The minimum absolute atomic E-state index is 0.0798. The molecule has 0 aliphatic carbocycles. The highest BCUT2D eigenvalue weighted by Gasteiger charge is 2.30. The normalized spacial score (nSPS) is 15.5. The molecule has 1 aliphatic rings. The van der Waals surface area contributed by atoms with E-state index in [4.69, 9.17) is 9.47 Å². The summed E-state index contributed by atoms with van der Waals surface area (Å²) < 4.78 is 38.6. The van der Waals surface area contributed by atoms with Gasteiger partial charge in [0.25, 0.3) is 5.91 Å². The van der Waals surface area contributed by atoms with Crippen molar-refractivity contribution in [1.82, 2.24) is 9.62 Å². The van der Waals surface area contributed by atoms with Gasteiger partial charge in [-0.25, -0.2) is 8.42 Å². The Kier molecular flexibility index (Phi) is 7.56. The van der Waals surface area contributed by atoms with Crippen LogP contribution in [0.1, 0.15) is 30.9 Å². The number of sulfonamides is 1. The first-order chi connectivity index (χ1) is 14.8. The Balaban J connectivity index is 1.51. The van der Waals surface area contributed by atoms with Gasteiger partial charge >= 0.3 is 0 Å². The summed E-state index contributed by atoms with van der Waals surface area (Å²) in [5, 5.41) is 2.94. The van der Waals surface area contributed by atoms with E-state index in [9.17, 15) is 13.2 Å². The first kappa shape index (κ1) is 23.1. The van der Waals surface area contributed by atoms with Crippen molar-refractivity contribution in [2.24, 2.45) is 0 Å². The van der Waals surface area contributed by atoms with E-state index in [-0.39, 0.29) is 18.6 Å². The lowest BCUT2D eigenvalue weighted by molar-refractivity contribution is -0.124. The molecule has 2 aromatic carbocycles. The van der Waals surface area contributed by atoms with Crippen molar-refractivity contribution >= 4 is 15.9 Å². The van der Waals surface area contributed by atoms with Crippen LogP contribution < -0.4 is 14.8 Å². The molecule has 0 radical (unpaired) electrons. The predicted molar refractivity (Wildman–Crippen MR) is 119 cm³/mol. The van der Waals surface area contributed by atoms with E-state index in [0.717, 1.165) is 11.1 Å². The van der Waals surface area contributed by atoms with Crippen molar-refractivity contribution in [3.05, 3.63) is 53.6 Å². The Bertz CT molecular complexity index is 1010. The molecule has 0 aromatic heterocycles. The SMILES string of the molecule is CCOc1ccccc1OCC(=O)NC1CCN(S(=O)(=O)c2ccc(C)cc2C)CC1. The monoisotopic (exact) mass is 446 g/mol. The lowest BCUT2D eigenvalue weighted by Crippen LogP contribution is -2.47. The molecule has 168 valence electrons. The van der Waals surface area contributed by atoms with Crippen LogP contribution in [0.25, 0.3) is 0 Å². The van der Waals surface area contributed by atoms with E-state index < -0.39 is 10.0 Å². The summed E-state index contributed by atoms with van der Waals surface area (Å²) in [4.78, 5) is 12.7. The van der Waals surface area contributed by atoms with Crippen LogP contribution in [0.3, 0.4) is 0 Å². The minimum Gasteiger partial charge on any atom is -0.490 e. The van der Waals surface area contributed by atoms with Crippen molar-refractivity contribution in [2.75, 3.05) is 26.3 Å². The van der Waals surface area contributed by atoms with Crippen LogP contribution in [0.15, 0.2) is 47.4 Å². The third-order valence-electron chi connectivity index (χ3n) is 5.28. The summed E-state index contributed by atoms with van der Waals surface area (Å²) in [7, 11) is -3.54. The number of aryl methyl sites for hydroxylation is 2. The summed E-state index contributed by atoms with van der Waals surface area (Å²) in [6, 6.07) is 12.5. The second kappa shape index (κ2) is 10.2. The zero-order valence-corrected chi connectivity index (χ0v) is 19.1. The molecule has 1 amide bonds. The highest BCUT2D eigenvalue weighted by atomic mass is 32.2. The summed E-state index contributed by atoms with van der Waals surface area (Å²) in [6.07, 6.45) is 1.12. The molecule has 3 rings (SSSR count). The standard InChI is InChI=1S/C23H30N2O5S/c1-4-29-20-7-5-6-8-21(20)30-16-23(26)24-19-11-13-25(14-12-19)31(27,28)22-10-9-17(2)15-18(22)3/h5-10,15,19H,4,11-14,16H2,1-3H3,(H,24,26). The predicted octanol–water partition coefficient (Wildman–Crippen LogP) is 3.05. The van der Waals surface area contributed by atoms with Gasteiger partial charge in [0.15, 0.2) is 18.1 Å². The molecule has 0 atom stereocenters. The van der Waals surface area contributed by atoms with Crippen molar-refractivity contribution in [3.63, 3.8) is 0 Å². The topological polar surface area (TPSA) is 84.9 Å². The largest absolute Gasteiger partial charge is 0.490 e. The van der Waals surface area contributed by atoms with Crippen molar-refractivity contribution in [1.29, 1.82) is 0 Å². The molecule has 0 saturated carbocycles. The van der Waals surface area contributed by atoms with Gasteiger partial charge in [0.2, 0.25) is 10.0 Å². The third-order valence-corrected chi connectivity index (χ3v) is 7.33. The molecule has 31 heavy (non-hydrogen) atoms. The lowest BCUT2D eigenvalue weighted by atomic mass is 10.1. The van der Waals surface area contributed by atoms with Gasteiger partial charge in [-0.3, -0.25) is 4.79 Å². The van der Waals surface area contributed by atoms with E-state index in [0.29, 0.717) is 48.9 Å². The number of carbonyl (C=O) groups excluding carboxylic acids is 1. The van der Waals surface area contributed by atoms with Crippen LogP contribution in [0.2, 0.25) is 0 Å². The Morgan fingerprint density at radius 2 is 1.71 bits per heavy atom. The van der Waals surface area contributed by atoms with Gasteiger partial charge in [-0.2, -0.15) is 4.31 Å². The third kappa shape index (κ3) is 5.77. The number of nitrogens with one attached hydrogen (secondary N) is 1. The smallest absolute Gasteiger partial charge is 0.258 e. The van der Waals surface area contributed by atoms with Crippen LogP contribution >= 0.6 is 0 Å². The Labute approximate surface area is 184 Å². The van der Waals surface area contributed by atoms with E-state index in [1.807, 2.05) is 45.0 Å². The zero-order valence-electron chi connectivity index (χ0n) is 18.3. The minimum atomic E-state index is -3.54. The maximum atomic E-state index is 13.0. The molecule has 0 bridgehead atoms. The number of para-hydroxylation sites is 2. The summed E-state index contributed by atoms with van der Waals surface area (Å²) >= 11 is 0. The van der Waals surface area contributed by atoms with Gasteiger partial charge in [-0.15, -0.1) is 0 Å². The number of nitrogens with zero attached hydrogens (tertiary/aromatic N) is 1. The number of amides is 1. The first-order valence-corrected chi connectivity index (χ1v) is 12.0. The molecule has 1 heterocycles. The van der Waals surface area contributed by atoms with E-state index in [1.165, 1.54) is 4.31 Å². The number of piperidine rings is 1. The van der Waals surface area contributed by atoms with E-state index in [2.05, 4.69) is 5.32 Å². The second-order valence-electron chi connectivity index (χ2n) is 7.68. The molecule has 1 fully saturated rings. The average Bonchev–Trinajstić information content (AvgIpc) is 2.73. The molecule has 1 aliphatic heterocycles. The van der Waals surface area contributed by atoms with Crippen molar-refractivity contribution in [2.45, 2.75) is 44.6 Å². The molecular formula is C23H30N2O5S. The van der Waals surface area contributed by atoms with E-state index in [1.54, 1.807) is 18.2 Å². The number of carbonyl (C=O) groups is 1. The fourth-order valence-electron chi connectivity index (χ4n) is 3.73. The van der Waals surface area contributed by atoms with Gasteiger partial charge in [0, 0.05) is 19.1 Å². The Morgan fingerprint density at radius 3 is 2.32 bits per heavy atom. The zero-order chi connectivity index (χ0) is 22.4. The molecule has 7 nitrogen and oxygen atoms in total. The molecule has 1 saturated heterocycles. The molecular weight excluding hydrogens is 416 g/mol. The van der Waals surface area contributed by atoms with Gasteiger partial charge in [-0.1, -0.05) is 29.8 Å². The van der Waals surface area contributed by atoms with Crippen LogP contribution in [0, 0.1) is 13.8 Å². The lowest BCUT2D eigenvalue weighted by Gasteiger charge is -2.32. The van der Waals surface area contributed by atoms with Crippen LogP contribution in [-0.2, 0) is 14.8 Å². The highest BCUT2D eigenvalue weighted by molar-refractivity contribution is 7.89. The summed E-state index contributed by atoms with van der Waals surface area (Å²) in [6.45, 7) is 6.77. The van der Waals surface area contributed by atoms with Crippen molar-refractivity contribution < 1.29 is 22.7 Å². The van der Waals surface area contributed by atoms with Gasteiger partial charge < -0.3 is 14.8 Å². The fraction of sp³-hybridized carbons (Fsp3) is 0.435. The van der Waals surface area contributed by atoms with Gasteiger partial charge in [0.1, 0.15) is 0 Å². The number of hydrogen-bond donors (Lipinski definition) is 1. The summed E-state index contributed by atoms with van der Waals surface area (Å²) in [5.74, 6) is 0.888. The highest BCUT2D eigenvalue weighted by Crippen LogP contribution is 2.26. The fourth-order valence-corrected chi connectivity index (χ4v) is 5.40. The van der Waals surface area contributed by atoms with Crippen LogP contribution in [-0.4, -0.2) is 51.0 Å². The number of hydrogen-bond acceptors (Lipinski definition) is 5. The Hall–Kier alpha value is -2.58. The van der Waals surface area contributed by atoms with Crippen LogP contribution in [0.4, 0.5) is 0 Å². The number of benzene rings is 2. The Morgan fingerprint density at radius 1 is 1.06 bits per heavy atom. The number of ether oxygens (including phenoxy) is 2. The molecule has 0 unspecified atom stereocenters. The molecule has 2 aromatic rings. The molecule has 8 heteroatoms. The maximum absolute atomic E-state index is 13.0. The first-order valence-electron chi connectivity index (χ1n) is 10.5. The quantitative estimate of drug-likeness (QED) is 0.674. The molecule has 0 spiro atoms. The second-order valence-corrected chi connectivity index (χ2v) is 9.59. The van der Waals surface area contributed by atoms with Crippen molar-refractivity contribution in [3.8, 4) is 11.5 Å². The summed E-state index contributed by atoms with van der Waals surface area (Å²) in [5.41, 5.74) is 1.78. The maximum Gasteiger partial charge on any atom is 0.258 e. The van der Waals surface area contributed by atoms with E-state index >= 15 is 0 Å². The van der Waals surface area contributed by atoms with Crippen LogP contribution in [0.5, 0.6) is 11.5 Å². The van der Waals surface area contributed by atoms with Gasteiger partial charge in [-0.05, 0) is 57.4 Å². The average molecular weight is 447 g/mol. The van der Waals surface area contributed by atoms with Gasteiger partial charge in [0.05, 0.1) is 11.5 Å². The molecule has 1 N–H and O–H groups in total. The number of rotatable bonds is 8.